The highest BCUT2D eigenvalue weighted by Gasteiger charge is 2.40. The maximum Gasteiger partial charge on any atom is 0.212 e. The summed E-state index contributed by atoms with van der Waals surface area (Å²) in [6, 6.07) is 10.3. The first-order chi connectivity index (χ1) is 11.9. The van der Waals surface area contributed by atoms with Crippen molar-refractivity contribution in [2.45, 2.75) is 30.9 Å². The SMILES string of the molecule is CC(C(c1cncc(-c2ccc3[nH]ccc3c2)c1)C1CC1)S(N)(=O)=O. The van der Waals surface area contributed by atoms with Crippen molar-refractivity contribution >= 4 is 20.9 Å². The van der Waals surface area contributed by atoms with Gasteiger partial charge in [0.05, 0.1) is 5.25 Å². The number of rotatable bonds is 5. The first-order valence-electron chi connectivity index (χ1n) is 8.47. The molecule has 3 aromatic rings. The predicted molar refractivity (Wildman–Crippen MR) is 99.6 cm³/mol. The molecule has 25 heavy (non-hydrogen) atoms. The minimum Gasteiger partial charge on any atom is -0.361 e. The number of H-pyrrole nitrogens is 1. The van der Waals surface area contributed by atoms with E-state index < -0.39 is 15.3 Å². The first-order valence-corrected chi connectivity index (χ1v) is 10.1. The highest BCUT2D eigenvalue weighted by molar-refractivity contribution is 7.89. The number of fused-ring (bicyclic) bond motifs is 1. The molecule has 2 atom stereocenters. The van der Waals surface area contributed by atoms with Crippen LogP contribution >= 0.6 is 0 Å². The van der Waals surface area contributed by atoms with E-state index in [0.29, 0.717) is 5.92 Å². The van der Waals surface area contributed by atoms with Crippen LogP contribution in [0.5, 0.6) is 0 Å². The van der Waals surface area contributed by atoms with E-state index >= 15 is 0 Å². The van der Waals surface area contributed by atoms with Gasteiger partial charge in [0.25, 0.3) is 0 Å². The molecule has 0 saturated heterocycles. The number of nitrogens with zero attached hydrogens (tertiary/aromatic N) is 1. The van der Waals surface area contributed by atoms with Crippen molar-refractivity contribution < 1.29 is 8.42 Å². The summed E-state index contributed by atoms with van der Waals surface area (Å²) in [5.74, 6) is 0.274. The van der Waals surface area contributed by atoms with E-state index in [0.717, 1.165) is 40.4 Å². The van der Waals surface area contributed by atoms with Crippen LogP contribution in [-0.2, 0) is 10.0 Å². The lowest BCUT2D eigenvalue weighted by molar-refractivity contribution is 0.535. The number of aromatic nitrogens is 2. The minimum atomic E-state index is -3.59. The van der Waals surface area contributed by atoms with E-state index in [2.05, 4.69) is 28.2 Å². The molecule has 0 amide bonds. The van der Waals surface area contributed by atoms with Gasteiger partial charge in [0.2, 0.25) is 10.0 Å². The van der Waals surface area contributed by atoms with Gasteiger partial charge in [-0.25, -0.2) is 13.6 Å². The lowest BCUT2D eigenvalue weighted by Gasteiger charge is -2.22. The highest BCUT2D eigenvalue weighted by atomic mass is 32.2. The minimum absolute atomic E-state index is 0.0987. The zero-order valence-electron chi connectivity index (χ0n) is 14.0. The molecule has 3 N–H and O–H groups in total. The molecule has 0 spiro atoms. The molecule has 2 aromatic heterocycles. The summed E-state index contributed by atoms with van der Waals surface area (Å²) in [4.78, 5) is 7.57. The average Bonchev–Trinajstić information content (AvgIpc) is 3.30. The predicted octanol–water partition coefficient (Wildman–Crippen LogP) is 3.40. The number of aromatic amines is 1. The van der Waals surface area contributed by atoms with E-state index in [1.54, 1.807) is 13.1 Å². The number of primary sulfonamides is 1. The van der Waals surface area contributed by atoms with E-state index in [9.17, 15) is 8.42 Å². The maximum atomic E-state index is 11.9. The molecule has 1 fully saturated rings. The van der Waals surface area contributed by atoms with Crippen LogP contribution in [0, 0.1) is 5.92 Å². The number of nitrogens with two attached hydrogens (primary N) is 1. The summed E-state index contributed by atoms with van der Waals surface area (Å²) >= 11 is 0. The van der Waals surface area contributed by atoms with Crippen molar-refractivity contribution in [2.75, 3.05) is 0 Å². The zero-order chi connectivity index (χ0) is 17.6. The average molecular weight is 355 g/mol. The third-order valence-corrected chi connectivity index (χ3v) is 6.51. The van der Waals surface area contributed by atoms with Crippen molar-refractivity contribution in [3.8, 4) is 11.1 Å². The molecule has 1 aliphatic carbocycles. The van der Waals surface area contributed by atoms with Crippen molar-refractivity contribution in [2.24, 2.45) is 11.1 Å². The molecule has 1 aliphatic rings. The van der Waals surface area contributed by atoms with Gasteiger partial charge < -0.3 is 4.98 Å². The van der Waals surface area contributed by atoms with Crippen molar-refractivity contribution in [3.05, 3.63) is 54.5 Å². The van der Waals surface area contributed by atoms with E-state index in [1.807, 2.05) is 24.5 Å². The van der Waals surface area contributed by atoms with Gasteiger partial charge in [-0.3, -0.25) is 4.98 Å². The van der Waals surface area contributed by atoms with Gasteiger partial charge in [-0.15, -0.1) is 0 Å². The molecular formula is C19H21N3O2S. The van der Waals surface area contributed by atoms with Crippen molar-refractivity contribution in [3.63, 3.8) is 0 Å². The highest BCUT2D eigenvalue weighted by Crippen LogP contribution is 2.46. The van der Waals surface area contributed by atoms with Crippen LogP contribution in [0.25, 0.3) is 22.0 Å². The lowest BCUT2D eigenvalue weighted by Crippen LogP contribution is -2.32. The number of sulfonamides is 1. The molecule has 0 bridgehead atoms. The zero-order valence-corrected chi connectivity index (χ0v) is 14.8. The van der Waals surface area contributed by atoms with Crippen LogP contribution in [0.2, 0.25) is 0 Å². The number of pyridine rings is 1. The van der Waals surface area contributed by atoms with E-state index in [1.165, 1.54) is 0 Å². The Bertz CT molecular complexity index is 1020. The Kier molecular flexibility index (Phi) is 3.89. The molecule has 0 radical (unpaired) electrons. The lowest BCUT2D eigenvalue weighted by atomic mass is 9.91. The van der Waals surface area contributed by atoms with Gasteiger partial charge in [0, 0.05) is 35.6 Å². The van der Waals surface area contributed by atoms with Gasteiger partial charge >= 0.3 is 0 Å². The van der Waals surface area contributed by atoms with E-state index in [-0.39, 0.29) is 5.92 Å². The van der Waals surface area contributed by atoms with Crippen molar-refractivity contribution in [1.29, 1.82) is 0 Å². The third-order valence-electron chi connectivity index (χ3n) is 5.18. The molecule has 2 heterocycles. The third kappa shape index (κ3) is 3.19. The Labute approximate surface area is 147 Å². The number of nitrogens with one attached hydrogen (secondary N) is 1. The fraction of sp³-hybridized carbons (Fsp3) is 0.316. The molecule has 4 rings (SSSR count). The van der Waals surface area contributed by atoms with Gasteiger partial charge in [0.1, 0.15) is 0 Å². The fourth-order valence-electron chi connectivity index (χ4n) is 3.62. The summed E-state index contributed by atoms with van der Waals surface area (Å²) in [6.45, 7) is 1.71. The standard InChI is InChI=1S/C19H21N3O2S/c1-12(25(20,23)24)19(13-2-3-13)17-9-16(10-21-11-17)14-4-5-18-15(8-14)6-7-22-18/h4-13,19,22H,2-3H2,1H3,(H2,20,23,24). The van der Waals surface area contributed by atoms with Crippen LogP contribution in [0.3, 0.4) is 0 Å². The maximum absolute atomic E-state index is 11.9. The topological polar surface area (TPSA) is 88.8 Å². The van der Waals surface area contributed by atoms with Crippen LogP contribution < -0.4 is 5.14 Å². The number of benzene rings is 1. The van der Waals surface area contributed by atoms with Crippen LogP contribution in [0.1, 0.15) is 31.2 Å². The molecule has 130 valence electrons. The Morgan fingerprint density at radius 2 is 1.96 bits per heavy atom. The molecule has 1 aromatic carbocycles. The molecule has 0 aliphatic heterocycles. The summed E-state index contributed by atoms with van der Waals surface area (Å²) in [5.41, 5.74) is 4.11. The Balaban J connectivity index is 1.75. The Morgan fingerprint density at radius 3 is 2.68 bits per heavy atom. The summed E-state index contributed by atoms with van der Waals surface area (Å²) in [5, 5.41) is 5.96. The first kappa shape index (κ1) is 16.3. The second kappa shape index (κ2) is 5.97. The number of hydrogen-bond donors (Lipinski definition) is 2. The number of hydrogen-bond acceptors (Lipinski definition) is 3. The molecule has 1 saturated carbocycles. The van der Waals surface area contributed by atoms with Crippen molar-refractivity contribution in [1.82, 2.24) is 9.97 Å². The van der Waals surface area contributed by atoms with Crippen LogP contribution in [0.4, 0.5) is 0 Å². The smallest absolute Gasteiger partial charge is 0.212 e. The fourth-order valence-corrected chi connectivity index (χ4v) is 4.40. The van der Waals surface area contributed by atoms with Gasteiger partial charge in [-0.05, 0) is 66.5 Å². The molecule has 5 nitrogen and oxygen atoms in total. The molecule has 6 heteroatoms. The summed E-state index contributed by atoms with van der Waals surface area (Å²) in [7, 11) is -3.59. The quantitative estimate of drug-likeness (QED) is 0.735. The molecule has 2 unspecified atom stereocenters. The van der Waals surface area contributed by atoms with Gasteiger partial charge in [0.15, 0.2) is 0 Å². The largest absolute Gasteiger partial charge is 0.361 e. The summed E-state index contributed by atoms with van der Waals surface area (Å²) in [6.07, 6.45) is 7.61. The van der Waals surface area contributed by atoms with E-state index in [4.69, 9.17) is 5.14 Å². The monoisotopic (exact) mass is 355 g/mol. The van der Waals surface area contributed by atoms with Crippen LogP contribution in [-0.4, -0.2) is 23.6 Å². The Hall–Kier alpha value is -2.18. The second-order valence-corrected chi connectivity index (χ2v) is 8.87. The molecular weight excluding hydrogens is 334 g/mol. The Morgan fingerprint density at radius 1 is 1.16 bits per heavy atom. The normalized spacial score (nSPS) is 17.5. The summed E-state index contributed by atoms with van der Waals surface area (Å²) < 4.78 is 23.8. The second-order valence-electron chi connectivity index (χ2n) is 6.94. The van der Waals surface area contributed by atoms with Crippen LogP contribution in [0.15, 0.2) is 48.9 Å². The van der Waals surface area contributed by atoms with Gasteiger partial charge in [-0.1, -0.05) is 6.07 Å². The van der Waals surface area contributed by atoms with Gasteiger partial charge in [-0.2, -0.15) is 0 Å².